The minimum atomic E-state index is -0.133. The smallest absolute Gasteiger partial charge is 0.267 e. The molecule has 1 aliphatic rings. The monoisotopic (exact) mass is 427 g/mol. The molecule has 3 aromatic rings. The summed E-state index contributed by atoms with van der Waals surface area (Å²) in [4.78, 5) is 29.4. The number of aromatic nitrogens is 5. The third kappa shape index (κ3) is 4.13. The first-order chi connectivity index (χ1) is 13.2. The van der Waals surface area contributed by atoms with E-state index in [-0.39, 0.29) is 5.56 Å². The number of anilines is 2. The lowest BCUT2D eigenvalue weighted by atomic mass is 10.3. The quantitative estimate of drug-likeness (QED) is 0.624. The molecule has 0 spiro atoms. The van der Waals surface area contributed by atoms with Gasteiger partial charge in [-0.15, -0.1) is 0 Å². The predicted octanol–water partition coefficient (Wildman–Crippen LogP) is 1.57. The van der Waals surface area contributed by atoms with Crippen molar-refractivity contribution in [3.05, 3.63) is 69.4 Å². The molecule has 4 rings (SSSR count). The van der Waals surface area contributed by atoms with Crippen LogP contribution in [0.3, 0.4) is 0 Å². The summed E-state index contributed by atoms with van der Waals surface area (Å²) in [6.07, 6.45) is 5.22. The van der Waals surface area contributed by atoms with Crippen molar-refractivity contribution in [1.82, 2.24) is 24.7 Å². The fraction of sp³-hybridized carbons (Fsp3) is 0.278. The van der Waals surface area contributed by atoms with E-state index in [4.69, 9.17) is 0 Å². The SMILES string of the molecule is O=c1ccc(N2CCN(c3ncc(Br)cn3)CC2)nn1Cc1ccccn1. The molecule has 0 unspecified atom stereocenters. The maximum absolute atomic E-state index is 12.1. The molecule has 0 N–H and O–H groups in total. The van der Waals surface area contributed by atoms with E-state index in [2.05, 4.69) is 45.8 Å². The standard InChI is InChI=1S/C18H18BrN7O/c19-14-11-21-18(22-12-14)25-9-7-24(8-10-25)16-4-5-17(27)26(23-16)13-15-3-1-2-6-20-15/h1-6,11-12H,7-10,13H2. The molecule has 1 aliphatic heterocycles. The van der Waals surface area contributed by atoms with E-state index >= 15 is 0 Å². The lowest BCUT2D eigenvalue weighted by Crippen LogP contribution is -2.47. The fourth-order valence-corrected chi connectivity index (χ4v) is 3.17. The molecule has 0 atom stereocenters. The van der Waals surface area contributed by atoms with Crippen LogP contribution in [0.25, 0.3) is 0 Å². The second-order valence-electron chi connectivity index (χ2n) is 6.18. The van der Waals surface area contributed by atoms with E-state index in [1.807, 2.05) is 18.2 Å². The Bertz CT molecular complexity index is 953. The van der Waals surface area contributed by atoms with Crippen molar-refractivity contribution in [2.24, 2.45) is 0 Å². The first kappa shape index (κ1) is 17.6. The van der Waals surface area contributed by atoms with Crippen LogP contribution in [-0.4, -0.2) is 50.9 Å². The van der Waals surface area contributed by atoms with Gasteiger partial charge >= 0.3 is 0 Å². The van der Waals surface area contributed by atoms with Crippen LogP contribution in [0.5, 0.6) is 0 Å². The van der Waals surface area contributed by atoms with Crippen LogP contribution < -0.4 is 15.4 Å². The van der Waals surface area contributed by atoms with Crippen molar-refractivity contribution >= 4 is 27.7 Å². The average Bonchev–Trinajstić information content (AvgIpc) is 2.71. The van der Waals surface area contributed by atoms with E-state index in [1.165, 1.54) is 4.68 Å². The van der Waals surface area contributed by atoms with Crippen LogP contribution >= 0.6 is 15.9 Å². The number of hydrogen-bond donors (Lipinski definition) is 0. The van der Waals surface area contributed by atoms with Gasteiger partial charge in [0.1, 0.15) is 5.82 Å². The molecule has 0 amide bonds. The van der Waals surface area contributed by atoms with Gasteiger partial charge in [0, 0.05) is 50.8 Å². The van der Waals surface area contributed by atoms with E-state index in [9.17, 15) is 4.79 Å². The van der Waals surface area contributed by atoms with Gasteiger partial charge in [-0.1, -0.05) is 6.07 Å². The first-order valence-corrected chi connectivity index (χ1v) is 9.44. The van der Waals surface area contributed by atoms with Crippen LogP contribution in [0, 0.1) is 0 Å². The largest absolute Gasteiger partial charge is 0.352 e. The Morgan fingerprint density at radius 2 is 1.67 bits per heavy atom. The van der Waals surface area contributed by atoms with Gasteiger partial charge in [0.05, 0.1) is 16.7 Å². The Balaban J connectivity index is 1.46. The molecule has 0 saturated carbocycles. The van der Waals surface area contributed by atoms with E-state index in [1.54, 1.807) is 30.7 Å². The molecule has 0 radical (unpaired) electrons. The lowest BCUT2D eigenvalue weighted by Gasteiger charge is -2.35. The zero-order valence-electron chi connectivity index (χ0n) is 14.6. The highest BCUT2D eigenvalue weighted by molar-refractivity contribution is 9.10. The maximum Gasteiger partial charge on any atom is 0.267 e. The topological polar surface area (TPSA) is 80.0 Å². The molecule has 0 bridgehead atoms. The summed E-state index contributed by atoms with van der Waals surface area (Å²) >= 11 is 3.35. The van der Waals surface area contributed by atoms with Gasteiger partial charge in [-0.3, -0.25) is 9.78 Å². The summed E-state index contributed by atoms with van der Waals surface area (Å²) in [5.74, 6) is 1.52. The minimum Gasteiger partial charge on any atom is -0.352 e. The van der Waals surface area contributed by atoms with Gasteiger partial charge in [-0.2, -0.15) is 5.10 Å². The third-order valence-corrected chi connectivity index (χ3v) is 4.79. The molecule has 1 saturated heterocycles. The average molecular weight is 428 g/mol. The van der Waals surface area contributed by atoms with Crippen molar-refractivity contribution in [3.63, 3.8) is 0 Å². The van der Waals surface area contributed by atoms with Crippen LogP contribution in [0.4, 0.5) is 11.8 Å². The molecule has 9 heteroatoms. The first-order valence-electron chi connectivity index (χ1n) is 8.64. The molecule has 0 aliphatic carbocycles. The Morgan fingerprint density at radius 3 is 2.37 bits per heavy atom. The zero-order chi connectivity index (χ0) is 18.6. The van der Waals surface area contributed by atoms with Crippen molar-refractivity contribution in [1.29, 1.82) is 0 Å². The summed E-state index contributed by atoms with van der Waals surface area (Å²) in [5.41, 5.74) is 0.674. The maximum atomic E-state index is 12.1. The number of rotatable bonds is 4. The second-order valence-corrected chi connectivity index (χ2v) is 7.10. The van der Waals surface area contributed by atoms with Crippen LogP contribution in [0.2, 0.25) is 0 Å². The Hall–Kier alpha value is -2.81. The van der Waals surface area contributed by atoms with Gasteiger partial charge in [0.2, 0.25) is 5.95 Å². The Morgan fingerprint density at radius 1 is 0.926 bits per heavy atom. The normalized spacial score (nSPS) is 14.4. The van der Waals surface area contributed by atoms with Crippen molar-refractivity contribution < 1.29 is 0 Å². The number of pyridine rings is 1. The highest BCUT2D eigenvalue weighted by Crippen LogP contribution is 2.16. The molecule has 4 heterocycles. The molecular weight excluding hydrogens is 410 g/mol. The Kier molecular flexibility index (Phi) is 5.10. The van der Waals surface area contributed by atoms with Gasteiger partial charge in [-0.25, -0.2) is 14.6 Å². The molecular formula is C18H18BrN7O. The molecule has 0 aromatic carbocycles. The number of hydrogen-bond acceptors (Lipinski definition) is 7. The fourth-order valence-electron chi connectivity index (χ4n) is 2.97. The highest BCUT2D eigenvalue weighted by Gasteiger charge is 2.20. The van der Waals surface area contributed by atoms with E-state index in [0.29, 0.717) is 6.54 Å². The third-order valence-electron chi connectivity index (χ3n) is 4.38. The number of nitrogens with zero attached hydrogens (tertiary/aromatic N) is 7. The van der Waals surface area contributed by atoms with Gasteiger partial charge in [0.15, 0.2) is 0 Å². The van der Waals surface area contributed by atoms with Crippen LogP contribution in [-0.2, 0) is 6.54 Å². The molecule has 138 valence electrons. The Labute approximate surface area is 164 Å². The molecule has 8 nitrogen and oxygen atoms in total. The summed E-state index contributed by atoms with van der Waals surface area (Å²) in [5, 5.41) is 4.53. The molecule has 27 heavy (non-hydrogen) atoms. The highest BCUT2D eigenvalue weighted by atomic mass is 79.9. The van der Waals surface area contributed by atoms with E-state index in [0.717, 1.165) is 48.1 Å². The predicted molar refractivity (Wildman–Crippen MR) is 106 cm³/mol. The lowest BCUT2D eigenvalue weighted by molar-refractivity contribution is 0.592. The number of piperazine rings is 1. The molecule has 1 fully saturated rings. The van der Waals surface area contributed by atoms with E-state index < -0.39 is 0 Å². The summed E-state index contributed by atoms with van der Waals surface area (Å²) in [7, 11) is 0. The van der Waals surface area contributed by atoms with Gasteiger partial charge in [0.25, 0.3) is 5.56 Å². The van der Waals surface area contributed by atoms with Crippen molar-refractivity contribution in [2.75, 3.05) is 36.0 Å². The summed E-state index contributed by atoms with van der Waals surface area (Å²) in [6, 6.07) is 8.99. The molecule has 3 aromatic heterocycles. The van der Waals surface area contributed by atoms with Crippen LogP contribution in [0.15, 0.2) is 58.2 Å². The minimum absolute atomic E-state index is 0.133. The van der Waals surface area contributed by atoms with Gasteiger partial charge < -0.3 is 9.80 Å². The second kappa shape index (κ2) is 7.83. The summed E-state index contributed by atoms with van der Waals surface area (Å²) < 4.78 is 2.33. The zero-order valence-corrected chi connectivity index (χ0v) is 16.2. The van der Waals surface area contributed by atoms with Crippen LogP contribution in [0.1, 0.15) is 5.69 Å². The van der Waals surface area contributed by atoms with Crippen molar-refractivity contribution in [3.8, 4) is 0 Å². The van der Waals surface area contributed by atoms with Crippen molar-refractivity contribution in [2.45, 2.75) is 6.54 Å². The van der Waals surface area contributed by atoms with Gasteiger partial charge in [-0.05, 0) is 34.1 Å². The summed E-state index contributed by atoms with van der Waals surface area (Å²) in [6.45, 7) is 3.52. The number of halogens is 1.